The van der Waals surface area contributed by atoms with E-state index in [-0.39, 0.29) is 30.2 Å². The normalized spacial score (nSPS) is 18.2. The fourth-order valence-electron chi connectivity index (χ4n) is 3.43. The van der Waals surface area contributed by atoms with Gasteiger partial charge in [0.05, 0.1) is 6.42 Å². The number of benzene rings is 1. The summed E-state index contributed by atoms with van der Waals surface area (Å²) < 4.78 is 0. The standard InChI is InChI=1S/C21H30N2O3/c1-3-4-5-6-10-13-19(24)22-18-15-20(25)23(21(18)26)16(2)14-17-11-8-7-9-12-17/h7-9,11-12,16,18H,3-6,10,13-15H2,1-2H3,(H,22,24)/t16-,18-/m1/s1. The molecule has 2 rings (SSSR count). The first-order valence-electron chi connectivity index (χ1n) is 9.72. The molecule has 0 spiro atoms. The summed E-state index contributed by atoms with van der Waals surface area (Å²) in [7, 11) is 0. The van der Waals surface area contributed by atoms with E-state index in [0.717, 1.165) is 24.8 Å². The molecule has 0 unspecified atom stereocenters. The zero-order valence-corrected chi connectivity index (χ0v) is 15.9. The highest BCUT2D eigenvalue weighted by atomic mass is 16.2. The van der Waals surface area contributed by atoms with Crippen molar-refractivity contribution in [2.45, 2.75) is 77.3 Å². The van der Waals surface area contributed by atoms with Crippen LogP contribution in [-0.4, -0.2) is 34.7 Å². The molecule has 1 aromatic rings. The van der Waals surface area contributed by atoms with Crippen LogP contribution in [0, 0.1) is 0 Å². The lowest BCUT2D eigenvalue weighted by Gasteiger charge is -2.23. The summed E-state index contributed by atoms with van der Waals surface area (Å²) in [6.45, 7) is 4.03. The van der Waals surface area contributed by atoms with Gasteiger partial charge in [0.1, 0.15) is 6.04 Å². The van der Waals surface area contributed by atoms with Crippen LogP contribution in [0.4, 0.5) is 0 Å². The van der Waals surface area contributed by atoms with Crippen molar-refractivity contribution < 1.29 is 14.4 Å². The predicted octanol–water partition coefficient (Wildman–Crippen LogP) is 3.22. The van der Waals surface area contributed by atoms with Gasteiger partial charge in [-0.15, -0.1) is 0 Å². The van der Waals surface area contributed by atoms with Crippen LogP contribution in [0.5, 0.6) is 0 Å². The molecule has 0 aromatic heterocycles. The third kappa shape index (κ3) is 5.68. The Morgan fingerprint density at radius 2 is 1.85 bits per heavy atom. The number of nitrogens with one attached hydrogen (secondary N) is 1. The van der Waals surface area contributed by atoms with Crippen molar-refractivity contribution in [2.24, 2.45) is 0 Å². The first-order valence-corrected chi connectivity index (χ1v) is 9.72. The summed E-state index contributed by atoms with van der Waals surface area (Å²) in [5, 5.41) is 2.75. The number of amides is 3. The maximum absolute atomic E-state index is 12.6. The average molecular weight is 358 g/mol. The van der Waals surface area contributed by atoms with Gasteiger partial charge < -0.3 is 5.32 Å². The summed E-state index contributed by atoms with van der Waals surface area (Å²) >= 11 is 0. The van der Waals surface area contributed by atoms with Crippen molar-refractivity contribution in [2.75, 3.05) is 0 Å². The van der Waals surface area contributed by atoms with Crippen LogP contribution in [0.15, 0.2) is 30.3 Å². The second kappa shape index (κ2) is 10.1. The number of imide groups is 1. The highest BCUT2D eigenvalue weighted by molar-refractivity contribution is 6.07. The monoisotopic (exact) mass is 358 g/mol. The largest absolute Gasteiger partial charge is 0.344 e. The minimum absolute atomic E-state index is 0.0690. The van der Waals surface area contributed by atoms with Crippen molar-refractivity contribution in [3.8, 4) is 0 Å². The Morgan fingerprint density at radius 3 is 2.54 bits per heavy atom. The molecule has 1 saturated heterocycles. The summed E-state index contributed by atoms with van der Waals surface area (Å²) in [5.41, 5.74) is 1.08. The summed E-state index contributed by atoms with van der Waals surface area (Å²) in [4.78, 5) is 38.3. The molecule has 2 atom stereocenters. The molecule has 1 aromatic carbocycles. The number of carbonyl (C=O) groups is 3. The fourth-order valence-corrected chi connectivity index (χ4v) is 3.43. The smallest absolute Gasteiger partial charge is 0.252 e. The Kier molecular flexibility index (Phi) is 7.82. The zero-order chi connectivity index (χ0) is 18.9. The van der Waals surface area contributed by atoms with E-state index in [0.29, 0.717) is 12.8 Å². The Hall–Kier alpha value is -2.17. The number of rotatable bonds is 10. The molecule has 0 saturated carbocycles. The van der Waals surface area contributed by atoms with Crippen LogP contribution in [0.3, 0.4) is 0 Å². The molecule has 5 nitrogen and oxygen atoms in total. The number of hydrogen-bond acceptors (Lipinski definition) is 3. The summed E-state index contributed by atoms with van der Waals surface area (Å²) in [6, 6.07) is 8.88. The fraction of sp³-hybridized carbons (Fsp3) is 0.571. The summed E-state index contributed by atoms with van der Waals surface area (Å²) in [6.07, 6.45) is 6.45. The highest BCUT2D eigenvalue weighted by Crippen LogP contribution is 2.19. The molecule has 1 fully saturated rings. The van der Waals surface area contributed by atoms with Gasteiger partial charge in [-0.25, -0.2) is 0 Å². The van der Waals surface area contributed by atoms with E-state index in [2.05, 4.69) is 12.2 Å². The number of carbonyl (C=O) groups excluding carboxylic acids is 3. The third-order valence-corrected chi connectivity index (χ3v) is 4.84. The van der Waals surface area contributed by atoms with Gasteiger partial charge in [-0.05, 0) is 25.3 Å². The van der Waals surface area contributed by atoms with Crippen molar-refractivity contribution in [1.29, 1.82) is 0 Å². The van der Waals surface area contributed by atoms with Gasteiger partial charge in [-0.2, -0.15) is 0 Å². The van der Waals surface area contributed by atoms with Gasteiger partial charge in [-0.3, -0.25) is 19.3 Å². The molecule has 1 heterocycles. The van der Waals surface area contributed by atoms with Crippen molar-refractivity contribution in [1.82, 2.24) is 10.2 Å². The molecule has 0 bridgehead atoms. The topological polar surface area (TPSA) is 66.5 Å². The number of hydrogen-bond donors (Lipinski definition) is 1. The number of unbranched alkanes of at least 4 members (excludes halogenated alkanes) is 4. The van der Waals surface area contributed by atoms with E-state index < -0.39 is 6.04 Å². The van der Waals surface area contributed by atoms with Crippen molar-refractivity contribution in [3.63, 3.8) is 0 Å². The van der Waals surface area contributed by atoms with Gasteiger partial charge in [0.15, 0.2) is 0 Å². The van der Waals surface area contributed by atoms with Crippen LogP contribution in [-0.2, 0) is 20.8 Å². The molecule has 1 N–H and O–H groups in total. The molecule has 3 amide bonds. The second-order valence-corrected chi connectivity index (χ2v) is 7.13. The Balaban J connectivity index is 1.82. The van der Waals surface area contributed by atoms with Crippen molar-refractivity contribution in [3.05, 3.63) is 35.9 Å². The van der Waals surface area contributed by atoms with Gasteiger partial charge in [-0.1, -0.05) is 62.9 Å². The first kappa shape index (κ1) is 20.1. The quantitative estimate of drug-likeness (QED) is 0.516. The van der Waals surface area contributed by atoms with E-state index in [4.69, 9.17) is 0 Å². The average Bonchev–Trinajstić information content (AvgIpc) is 2.89. The maximum atomic E-state index is 12.6. The number of likely N-dealkylation sites (tertiary alicyclic amines) is 1. The van der Waals surface area contributed by atoms with Crippen LogP contribution in [0.1, 0.15) is 64.4 Å². The van der Waals surface area contributed by atoms with Crippen LogP contribution < -0.4 is 5.32 Å². The summed E-state index contributed by atoms with van der Waals surface area (Å²) in [5.74, 6) is -0.616. The van der Waals surface area contributed by atoms with E-state index >= 15 is 0 Å². The van der Waals surface area contributed by atoms with Gasteiger partial charge in [0.25, 0.3) is 5.91 Å². The molecule has 1 aliphatic heterocycles. The van der Waals surface area contributed by atoms with E-state index in [1.54, 1.807) is 0 Å². The molecular weight excluding hydrogens is 328 g/mol. The zero-order valence-electron chi connectivity index (χ0n) is 15.9. The minimum atomic E-state index is -0.705. The van der Waals surface area contributed by atoms with Gasteiger partial charge >= 0.3 is 0 Å². The molecule has 0 radical (unpaired) electrons. The molecule has 5 heteroatoms. The molecule has 1 aliphatic rings. The molecule has 0 aliphatic carbocycles. The Bertz CT molecular complexity index is 615. The molecule has 142 valence electrons. The lowest BCUT2D eigenvalue weighted by atomic mass is 10.1. The Labute approximate surface area is 156 Å². The molecule has 26 heavy (non-hydrogen) atoms. The maximum Gasteiger partial charge on any atom is 0.252 e. The van der Waals surface area contributed by atoms with E-state index in [1.807, 2.05) is 37.3 Å². The predicted molar refractivity (Wildman–Crippen MR) is 101 cm³/mol. The van der Waals surface area contributed by atoms with Crippen molar-refractivity contribution >= 4 is 17.7 Å². The first-order chi connectivity index (χ1) is 12.5. The number of nitrogens with zero attached hydrogens (tertiary/aromatic N) is 1. The van der Waals surface area contributed by atoms with E-state index in [9.17, 15) is 14.4 Å². The van der Waals surface area contributed by atoms with E-state index in [1.165, 1.54) is 17.7 Å². The SMILES string of the molecule is CCCCCCCC(=O)N[C@@H]1CC(=O)N([C@H](C)Cc2ccccc2)C1=O. The Morgan fingerprint density at radius 1 is 1.15 bits per heavy atom. The van der Waals surface area contributed by atoms with Crippen LogP contribution in [0.25, 0.3) is 0 Å². The third-order valence-electron chi connectivity index (χ3n) is 4.84. The van der Waals surface area contributed by atoms with Crippen LogP contribution >= 0.6 is 0 Å². The molecular formula is C21H30N2O3. The van der Waals surface area contributed by atoms with Gasteiger partial charge in [0.2, 0.25) is 11.8 Å². The minimum Gasteiger partial charge on any atom is -0.344 e. The lowest BCUT2D eigenvalue weighted by molar-refractivity contribution is -0.142. The highest BCUT2D eigenvalue weighted by Gasteiger charge is 2.41. The second-order valence-electron chi connectivity index (χ2n) is 7.13. The lowest BCUT2D eigenvalue weighted by Crippen LogP contribution is -2.45. The van der Waals surface area contributed by atoms with Gasteiger partial charge in [0, 0.05) is 12.5 Å². The van der Waals surface area contributed by atoms with Crippen LogP contribution in [0.2, 0.25) is 0 Å².